The van der Waals surface area contributed by atoms with Crippen molar-refractivity contribution in [3.05, 3.63) is 29.8 Å². The van der Waals surface area contributed by atoms with Gasteiger partial charge in [-0.3, -0.25) is 9.59 Å². The molecule has 1 aliphatic heterocycles. The first-order valence-electron chi connectivity index (χ1n) is 7.29. The first kappa shape index (κ1) is 16.0. The van der Waals surface area contributed by atoms with Crippen LogP contribution in [0.3, 0.4) is 0 Å². The van der Waals surface area contributed by atoms with Crippen molar-refractivity contribution < 1.29 is 14.3 Å². The summed E-state index contributed by atoms with van der Waals surface area (Å²) in [5, 5.41) is 13.8. The Morgan fingerprint density at radius 1 is 1.36 bits per heavy atom. The highest BCUT2D eigenvalue weighted by molar-refractivity contribution is 6.39. The smallest absolute Gasteiger partial charge is 0.313 e. The number of carbonyl (C=O) groups excluding carboxylic acids is 2. The summed E-state index contributed by atoms with van der Waals surface area (Å²) in [6.07, 6.45) is 2.16. The molecule has 1 fully saturated rings. The maximum atomic E-state index is 11.9. The number of carbonyl (C=O) groups is 2. The first-order chi connectivity index (χ1) is 10.6. The molecule has 1 heterocycles. The minimum absolute atomic E-state index is 0.0259. The number of ether oxygens (including phenoxy) is 1. The third kappa shape index (κ3) is 4.30. The molecule has 0 aliphatic carbocycles. The lowest BCUT2D eigenvalue weighted by Gasteiger charge is -2.19. The number of hydrogen-bond acceptors (Lipinski definition) is 4. The van der Waals surface area contributed by atoms with Gasteiger partial charge in [0.05, 0.1) is 24.6 Å². The lowest BCUT2D eigenvalue weighted by molar-refractivity contribution is -0.137. The molecule has 6 heteroatoms. The Bertz CT molecular complexity index is 571. The third-order valence-electron chi connectivity index (χ3n) is 3.58. The number of anilines is 1. The zero-order chi connectivity index (χ0) is 15.9. The maximum Gasteiger partial charge on any atom is 0.313 e. The van der Waals surface area contributed by atoms with Crippen molar-refractivity contribution in [2.75, 3.05) is 11.9 Å². The fourth-order valence-corrected chi connectivity index (χ4v) is 2.35. The molecule has 1 saturated heterocycles. The van der Waals surface area contributed by atoms with Crippen LogP contribution in [0.25, 0.3) is 0 Å². The van der Waals surface area contributed by atoms with E-state index in [9.17, 15) is 9.59 Å². The zero-order valence-corrected chi connectivity index (χ0v) is 12.5. The second-order valence-corrected chi connectivity index (χ2v) is 5.30. The molecule has 1 aromatic carbocycles. The van der Waals surface area contributed by atoms with Gasteiger partial charge in [-0.05, 0) is 37.5 Å². The molecule has 2 amide bonds. The number of nitrogens with one attached hydrogen (secondary N) is 2. The van der Waals surface area contributed by atoms with Crippen LogP contribution in [0.1, 0.15) is 25.3 Å². The van der Waals surface area contributed by atoms with Gasteiger partial charge < -0.3 is 15.4 Å². The molecule has 1 aromatic rings. The molecule has 0 spiro atoms. The molecule has 0 aromatic heterocycles. The summed E-state index contributed by atoms with van der Waals surface area (Å²) >= 11 is 0. The Morgan fingerprint density at radius 2 is 2.09 bits per heavy atom. The van der Waals surface area contributed by atoms with E-state index in [1.165, 1.54) is 0 Å². The summed E-state index contributed by atoms with van der Waals surface area (Å²) in [4.78, 5) is 23.7. The Kier molecular flexibility index (Phi) is 5.50. The molecule has 0 radical (unpaired) electrons. The predicted molar refractivity (Wildman–Crippen MR) is 81.0 cm³/mol. The van der Waals surface area contributed by atoms with Crippen LogP contribution in [0.4, 0.5) is 5.69 Å². The van der Waals surface area contributed by atoms with Crippen LogP contribution in [0.2, 0.25) is 0 Å². The van der Waals surface area contributed by atoms with Gasteiger partial charge in [-0.2, -0.15) is 5.26 Å². The van der Waals surface area contributed by atoms with E-state index in [1.807, 2.05) is 13.0 Å². The van der Waals surface area contributed by atoms with Crippen LogP contribution in [0.5, 0.6) is 0 Å². The first-order valence-corrected chi connectivity index (χ1v) is 7.29. The Morgan fingerprint density at radius 3 is 2.68 bits per heavy atom. The normalized spacial score (nSPS) is 18.3. The Hall–Kier alpha value is -2.39. The Labute approximate surface area is 129 Å². The summed E-state index contributed by atoms with van der Waals surface area (Å²) in [6, 6.07) is 8.67. The third-order valence-corrected chi connectivity index (χ3v) is 3.58. The highest BCUT2D eigenvalue weighted by Gasteiger charge is 2.25. The van der Waals surface area contributed by atoms with Gasteiger partial charge in [0, 0.05) is 12.3 Å². The minimum atomic E-state index is -0.710. The second-order valence-electron chi connectivity index (χ2n) is 5.30. The van der Waals surface area contributed by atoms with Crippen molar-refractivity contribution in [3.8, 4) is 6.07 Å². The van der Waals surface area contributed by atoms with Crippen LogP contribution < -0.4 is 10.6 Å². The average Bonchev–Trinajstić information content (AvgIpc) is 3.04. The van der Waals surface area contributed by atoms with E-state index in [4.69, 9.17) is 10.00 Å². The highest BCUT2D eigenvalue weighted by atomic mass is 16.5. The van der Waals surface area contributed by atoms with E-state index in [0.29, 0.717) is 18.7 Å². The molecule has 116 valence electrons. The summed E-state index contributed by atoms with van der Waals surface area (Å²) < 4.78 is 5.48. The van der Waals surface area contributed by atoms with Crippen molar-refractivity contribution >= 4 is 17.5 Å². The summed E-state index contributed by atoms with van der Waals surface area (Å²) in [6.45, 7) is 2.53. The molecular weight excluding hydrogens is 282 g/mol. The molecule has 0 bridgehead atoms. The monoisotopic (exact) mass is 301 g/mol. The van der Waals surface area contributed by atoms with Crippen molar-refractivity contribution in [1.82, 2.24) is 5.32 Å². The summed E-state index contributed by atoms with van der Waals surface area (Å²) in [5.74, 6) is -1.39. The second kappa shape index (κ2) is 7.57. The van der Waals surface area contributed by atoms with Crippen molar-refractivity contribution in [3.63, 3.8) is 0 Å². The van der Waals surface area contributed by atoms with Crippen molar-refractivity contribution in [2.45, 2.75) is 38.3 Å². The molecule has 6 nitrogen and oxygen atoms in total. The predicted octanol–water partition coefficient (Wildman–Crippen LogP) is 1.37. The van der Waals surface area contributed by atoms with Crippen LogP contribution in [0.15, 0.2) is 24.3 Å². The SMILES string of the molecule is CC(NC(=O)C(=O)Nc1ccc(CC#N)cc1)C1CCCO1. The lowest BCUT2D eigenvalue weighted by Crippen LogP contribution is -2.45. The number of rotatable bonds is 4. The molecule has 2 N–H and O–H groups in total. The summed E-state index contributed by atoms with van der Waals surface area (Å²) in [5.41, 5.74) is 1.38. The standard InChI is InChI=1S/C16H19N3O3/c1-11(14-3-2-10-22-14)18-15(20)16(21)19-13-6-4-12(5-7-13)8-9-17/h4-7,11,14H,2-3,8,10H2,1H3,(H,18,20)(H,19,21). The number of hydrogen-bond donors (Lipinski definition) is 2. The van der Waals surface area contributed by atoms with E-state index in [0.717, 1.165) is 18.4 Å². The van der Waals surface area contributed by atoms with Gasteiger partial charge in [0.15, 0.2) is 0 Å². The number of nitriles is 1. The molecule has 22 heavy (non-hydrogen) atoms. The zero-order valence-electron chi connectivity index (χ0n) is 12.5. The number of nitrogens with zero attached hydrogens (tertiary/aromatic N) is 1. The van der Waals surface area contributed by atoms with E-state index >= 15 is 0 Å². The number of amides is 2. The quantitative estimate of drug-likeness (QED) is 0.822. The Balaban J connectivity index is 1.85. The van der Waals surface area contributed by atoms with Gasteiger partial charge in [-0.25, -0.2) is 0 Å². The van der Waals surface area contributed by atoms with Gasteiger partial charge in [0.2, 0.25) is 0 Å². The van der Waals surface area contributed by atoms with Gasteiger partial charge in [0.25, 0.3) is 0 Å². The van der Waals surface area contributed by atoms with Crippen LogP contribution in [0, 0.1) is 11.3 Å². The lowest BCUT2D eigenvalue weighted by atomic mass is 10.1. The average molecular weight is 301 g/mol. The van der Waals surface area contributed by atoms with Crippen LogP contribution in [-0.2, 0) is 20.7 Å². The molecule has 2 rings (SSSR count). The van der Waals surface area contributed by atoms with E-state index in [1.54, 1.807) is 24.3 Å². The highest BCUT2D eigenvalue weighted by Crippen LogP contribution is 2.15. The largest absolute Gasteiger partial charge is 0.376 e. The van der Waals surface area contributed by atoms with Crippen molar-refractivity contribution in [2.24, 2.45) is 0 Å². The number of benzene rings is 1. The van der Waals surface area contributed by atoms with Gasteiger partial charge >= 0.3 is 11.8 Å². The van der Waals surface area contributed by atoms with Gasteiger partial charge in [0.1, 0.15) is 0 Å². The molecule has 1 aliphatic rings. The minimum Gasteiger partial charge on any atom is -0.376 e. The molecule has 0 saturated carbocycles. The van der Waals surface area contributed by atoms with E-state index in [2.05, 4.69) is 10.6 Å². The topological polar surface area (TPSA) is 91.2 Å². The fraction of sp³-hybridized carbons (Fsp3) is 0.438. The van der Waals surface area contributed by atoms with Crippen LogP contribution >= 0.6 is 0 Å². The van der Waals surface area contributed by atoms with E-state index < -0.39 is 11.8 Å². The molecule has 2 atom stereocenters. The van der Waals surface area contributed by atoms with Crippen LogP contribution in [-0.4, -0.2) is 30.6 Å². The van der Waals surface area contributed by atoms with E-state index in [-0.39, 0.29) is 12.1 Å². The van der Waals surface area contributed by atoms with Gasteiger partial charge in [-0.15, -0.1) is 0 Å². The van der Waals surface area contributed by atoms with Gasteiger partial charge in [-0.1, -0.05) is 12.1 Å². The molecule has 2 unspecified atom stereocenters. The molecular formula is C16H19N3O3. The summed E-state index contributed by atoms with van der Waals surface area (Å²) in [7, 11) is 0. The fourth-order valence-electron chi connectivity index (χ4n) is 2.35. The maximum absolute atomic E-state index is 11.9. The van der Waals surface area contributed by atoms with Crippen molar-refractivity contribution in [1.29, 1.82) is 5.26 Å².